The molecule has 4 nitrogen and oxygen atoms in total. The molecule has 0 spiro atoms. The highest BCUT2D eigenvalue weighted by Crippen LogP contribution is 2.43. The molecular weight excluding hydrogens is 332 g/mol. The van der Waals surface area contributed by atoms with E-state index in [9.17, 15) is 9.59 Å². The van der Waals surface area contributed by atoms with Gasteiger partial charge in [-0.15, -0.1) is 0 Å². The SMILES string of the molecule is O=C1[C@@H]2[C@@H](C(=O)N1c1ccc(Br)cc1)N2c1ccccc1. The molecule has 104 valence electrons. The van der Waals surface area contributed by atoms with E-state index in [4.69, 9.17) is 0 Å². The molecule has 5 heteroatoms. The number of halogens is 1. The molecular formula is C16H11BrN2O2. The van der Waals surface area contributed by atoms with Gasteiger partial charge in [0.25, 0.3) is 11.8 Å². The van der Waals surface area contributed by atoms with Gasteiger partial charge >= 0.3 is 0 Å². The van der Waals surface area contributed by atoms with E-state index in [2.05, 4.69) is 15.9 Å². The van der Waals surface area contributed by atoms with Crippen LogP contribution >= 0.6 is 15.9 Å². The molecule has 0 aromatic heterocycles. The highest BCUT2D eigenvalue weighted by atomic mass is 79.9. The Morgan fingerprint density at radius 1 is 0.762 bits per heavy atom. The summed E-state index contributed by atoms with van der Waals surface area (Å²) < 4.78 is 0.918. The van der Waals surface area contributed by atoms with Crippen LogP contribution in [0.2, 0.25) is 0 Å². The third-order valence-electron chi connectivity index (χ3n) is 3.89. The van der Waals surface area contributed by atoms with Gasteiger partial charge in [0.05, 0.1) is 5.69 Å². The van der Waals surface area contributed by atoms with Gasteiger partial charge in [-0.25, -0.2) is 4.90 Å². The van der Waals surface area contributed by atoms with Crippen molar-refractivity contribution in [3.63, 3.8) is 0 Å². The van der Waals surface area contributed by atoms with Crippen LogP contribution in [-0.4, -0.2) is 23.9 Å². The lowest BCUT2D eigenvalue weighted by atomic mass is 10.3. The fourth-order valence-electron chi connectivity index (χ4n) is 2.88. The number of carbonyl (C=O) groups is 2. The number of carbonyl (C=O) groups excluding carboxylic acids is 2. The Morgan fingerprint density at radius 2 is 1.33 bits per heavy atom. The van der Waals surface area contributed by atoms with E-state index in [0.29, 0.717) is 5.69 Å². The number of piperazine rings is 1. The summed E-state index contributed by atoms with van der Waals surface area (Å²) in [5.41, 5.74) is 1.55. The molecule has 0 bridgehead atoms. The number of imide groups is 1. The van der Waals surface area contributed by atoms with Crippen LogP contribution in [0.3, 0.4) is 0 Å². The van der Waals surface area contributed by atoms with Crippen molar-refractivity contribution in [2.75, 3.05) is 9.80 Å². The predicted octanol–water partition coefficient (Wildman–Crippen LogP) is 2.58. The van der Waals surface area contributed by atoms with Crippen molar-refractivity contribution in [1.82, 2.24) is 0 Å². The van der Waals surface area contributed by atoms with Gasteiger partial charge in [0.15, 0.2) is 0 Å². The van der Waals surface area contributed by atoms with Crippen molar-refractivity contribution in [2.45, 2.75) is 12.1 Å². The number of nitrogens with zero attached hydrogens (tertiary/aromatic N) is 2. The number of hydrogen-bond acceptors (Lipinski definition) is 3. The highest BCUT2D eigenvalue weighted by molar-refractivity contribution is 9.10. The summed E-state index contributed by atoms with van der Waals surface area (Å²) in [4.78, 5) is 28.1. The van der Waals surface area contributed by atoms with E-state index in [1.165, 1.54) is 4.90 Å². The number of benzene rings is 2. The molecule has 2 aromatic carbocycles. The Hall–Kier alpha value is -2.14. The fraction of sp³-hybridized carbons (Fsp3) is 0.125. The van der Waals surface area contributed by atoms with E-state index >= 15 is 0 Å². The zero-order valence-corrected chi connectivity index (χ0v) is 12.5. The fourth-order valence-corrected chi connectivity index (χ4v) is 3.14. The third-order valence-corrected chi connectivity index (χ3v) is 4.42. The average molecular weight is 343 g/mol. The summed E-state index contributed by atoms with van der Waals surface area (Å²) in [6, 6.07) is 16.1. The minimum absolute atomic E-state index is 0.142. The zero-order chi connectivity index (χ0) is 14.6. The number of amides is 2. The lowest BCUT2D eigenvalue weighted by Crippen LogP contribution is -2.38. The van der Waals surface area contributed by atoms with Gasteiger partial charge < -0.3 is 4.90 Å². The standard InChI is InChI=1S/C16H11BrN2O2/c17-10-6-8-12(9-7-10)19-15(20)13-14(16(19)21)18(13)11-4-2-1-3-5-11/h1-9,13-14H/t13-,14-/m0/s1. The van der Waals surface area contributed by atoms with Gasteiger partial charge in [-0.05, 0) is 36.4 Å². The molecule has 2 aromatic rings. The quantitative estimate of drug-likeness (QED) is 0.622. The Morgan fingerprint density at radius 3 is 1.90 bits per heavy atom. The lowest BCUT2D eigenvalue weighted by Gasteiger charge is -2.20. The molecule has 2 saturated heterocycles. The number of rotatable bonds is 2. The summed E-state index contributed by atoms with van der Waals surface area (Å²) in [5.74, 6) is -0.285. The van der Waals surface area contributed by atoms with Crippen molar-refractivity contribution in [2.24, 2.45) is 0 Å². The van der Waals surface area contributed by atoms with E-state index in [0.717, 1.165) is 10.2 Å². The molecule has 2 aliphatic rings. The van der Waals surface area contributed by atoms with Crippen LogP contribution in [0.5, 0.6) is 0 Å². The maximum absolute atomic E-state index is 12.5. The molecule has 4 rings (SSSR count). The van der Waals surface area contributed by atoms with E-state index < -0.39 is 0 Å². The van der Waals surface area contributed by atoms with Crippen LogP contribution < -0.4 is 9.80 Å². The Labute approximate surface area is 130 Å². The van der Waals surface area contributed by atoms with Crippen LogP contribution in [-0.2, 0) is 9.59 Å². The summed E-state index contributed by atoms with van der Waals surface area (Å²) in [7, 11) is 0. The van der Waals surface area contributed by atoms with Crippen molar-refractivity contribution >= 4 is 39.1 Å². The van der Waals surface area contributed by atoms with Crippen LogP contribution in [0.1, 0.15) is 0 Å². The molecule has 21 heavy (non-hydrogen) atoms. The van der Waals surface area contributed by atoms with Crippen LogP contribution in [0.25, 0.3) is 0 Å². The van der Waals surface area contributed by atoms with Crippen molar-refractivity contribution in [3.8, 4) is 0 Å². The number of hydrogen-bond donors (Lipinski definition) is 0. The third kappa shape index (κ3) is 1.81. The first kappa shape index (κ1) is 12.6. The summed E-state index contributed by atoms with van der Waals surface area (Å²) in [6.07, 6.45) is 0. The van der Waals surface area contributed by atoms with Crippen LogP contribution in [0.4, 0.5) is 11.4 Å². The molecule has 2 atom stereocenters. The van der Waals surface area contributed by atoms with Gasteiger partial charge in [-0.1, -0.05) is 34.1 Å². The van der Waals surface area contributed by atoms with E-state index in [1.807, 2.05) is 47.4 Å². The topological polar surface area (TPSA) is 40.4 Å². The first-order chi connectivity index (χ1) is 10.2. The van der Waals surface area contributed by atoms with Crippen LogP contribution in [0.15, 0.2) is 59.1 Å². The zero-order valence-electron chi connectivity index (χ0n) is 10.9. The first-order valence-electron chi connectivity index (χ1n) is 6.65. The van der Waals surface area contributed by atoms with Gasteiger partial charge in [-0.3, -0.25) is 9.59 Å². The number of para-hydroxylation sites is 1. The number of fused-ring (bicyclic) bond motifs is 1. The van der Waals surface area contributed by atoms with Gasteiger partial charge in [-0.2, -0.15) is 0 Å². The molecule has 0 unspecified atom stereocenters. The van der Waals surface area contributed by atoms with Gasteiger partial charge in [0.1, 0.15) is 12.1 Å². The summed E-state index contributed by atoms with van der Waals surface area (Å²) in [5, 5.41) is 0. The maximum Gasteiger partial charge on any atom is 0.259 e. The second-order valence-corrected chi connectivity index (χ2v) is 6.04. The highest BCUT2D eigenvalue weighted by Gasteiger charge is 2.66. The Balaban J connectivity index is 1.63. The largest absolute Gasteiger partial charge is 0.343 e. The maximum atomic E-state index is 12.5. The second-order valence-electron chi connectivity index (χ2n) is 5.12. The Bertz CT molecular complexity index is 708. The molecule has 2 aliphatic heterocycles. The number of anilines is 2. The molecule has 0 aliphatic carbocycles. The van der Waals surface area contributed by atoms with Crippen molar-refractivity contribution in [3.05, 3.63) is 59.1 Å². The molecule has 0 radical (unpaired) electrons. The Kier molecular flexibility index (Phi) is 2.65. The van der Waals surface area contributed by atoms with Crippen LogP contribution in [0, 0.1) is 0 Å². The minimum Gasteiger partial charge on any atom is -0.343 e. The monoisotopic (exact) mass is 342 g/mol. The second kappa shape index (κ2) is 4.43. The molecule has 2 fully saturated rings. The first-order valence-corrected chi connectivity index (χ1v) is 7.44. The van der Waals surface area contributed by atoms with E-state index in [-0.39, 0.29) is 23.9 Å². The lowest BCUT2D eigenvalue weighted by molar-refractivity contribution is -0.122. The predicted molar refractivity (Wildman–Crippen MR) is 83.1 cm³/mol. The van der Waals surface area contributed by atoms with Gasteiger partial charge in [0, 0.05) is 10.2 Å². The average Bonchev–Trinajstić information content (AvgIpc) is 3.20. The normalized spacial score (nSPS) is 23.5. The summed E-state index contributed by atoms with van der Waals surface area (Å²) in [6.45, 7) is 0. The molecule has 2 heterocycles. The van der Waals surface area contributed by atoms with Crippen molar-refractivity contribution < 1.29 is 9.59 Å². The summed E-state index contributed by atoms with van der Waals surface area (Å²) >= 11 is 3.35. The molecule has 2 amide bonds. The van der Waals surface area contributed by atoms with Crippen molar-refractivity contribution in [1.29, 1.82) is 0 Å². The molecule has 0 saturated carbocycles. The smallest absolute Gasteiger partial charge is 0.259 e. The van der Waals surface area contributed by atoms with E-state index in [1.54, 1.807) is 12.1 Å². The van der Waals surface area contributed by atoms with Gasteiger partial charge in [0.2, 0.25) is 0 Å². The molecule has 0 N–H and O–H groups in total. The minimum atomic E-state index is -0.344.